The molecule has 1 unspecified atom stereocenters. The number of fused-ring (bicyclic) bond motifs is 1. The molecule has 0 fully saturated rings. The number of hydrogen-bond donors (Lipinski definition) is 1. The molecule has 94 valence electrons. The molecule has 0 saturated heterocycles. The lowest BCUT2D eigenvalue weighted by Gasteiger charge is -2.29. The van der Waals surface area contributed by atoms with E-state index in [1.54, 1.807) is 17.0 Å². The fourth-order valence-corrected chi connectivity index (χ4v) is 2.20. The van der Waals surface area contributed by atoms with Gasteiger partial charge in [0, 0.05) is 37.5 Å². The minimum atomic E-state index is 0.0927. The first kappa shape index (κ1) is 11.3. The molecule has 0 aliphatic carbocycles. The molecule has 18 heavy (non-hydrogen) atoms. The van der Waals surface area contributed by atoms with Gasteiger partial charge in [0.1, 0.15) is 17.2 Å². The van der Waals surface area contributed by atoms with Gasteiger partial charge in [-0.3, -0.25) is 9.67 Å². The van der Waals surface area contributed by atoms with Crippen molar-refractivity contribution in [1.29, 1.82) is 0 Å². The summed E-state index contributed by atoms with van der Waals surface area (Å²) in [5.41, 5.74) is 1.06. The highest BCUT2D eigenvalue weighted by molar-refractivity contribution is 6.31. The van der Waals surface area contributed by atoms with Gasteiger partial charge in [-0.05, 0) is 0 Å². The van der Waals surface area contributed by atoms with Crippen LogP contribution in [0.3, 0.4) is 0 Å². The molecule has 0 amide bonds. The summed E-state index contributed by atoms with van der Waals surface area (Å²) in [6.07, 6.45) is 8.32. The van der Waals surface area contributed by atoms with Gasteiger partial charge in [-0.1, -0.05) is 11.6 Å². The van der Waals surface area contributed by atoms with Gasteiger partial charge in [-0.15, -0.1) is 0 Å². The summed E-state index contributed by atoms with van der Waals surface area (Å²) in [5, 5.41) is 14.0. The Morgan fingerprint density at radius 2 is 2.50 bits per heavy atom. The Morgan fingerprint density at radius 1 is 1.61 bits per heavy atom. The second kappa shape index (κ2) is 4.45. The number of amidine groups is 1. The van der Waals surface area contributed by atoms with E-state index in [0.29, 0.717) is 11.7 Å². The number of aryl methyl sites for hydroxylation is 1. The molecule has 0 bridgehead atoms. The van der Waals surface area contributed by atoms with Gasteiger partial charge < -0.3 is 5.32 Å². The zero-order valence-electron chi connectivity index (χ0n) is 9.91. The van der Waals surface area contributed by atoms with Crippen molar-refractivity contribution in [2.75, 3.05) is 0 Å². The van der Waals surface area contributed by atoms with Crippen molar-refractivity contribution in [2.45, 2.75) is 19.1 Å². The first-order chi connectivity index (χ1) is 8.72. The summed E-state index contributed by atoms with van der Waals surface area (Å²) in [6.45, 7) is 0.572. The number of aliphatic imine (C=N–C) groups is 1. The molecule has 1 N–H and O–H groups in total. The lowest BCUT2D eigenvalue weighted by Crippen LogP contribution is -2.45. The Balaban J connectivity index is 1.81. The molecular weight excluding hydrogens is 252 g/mol. The van der Waals surface area contributed by atoms with Crippen molar-refractivity contribution in [1.82, 2.24) is 20.1 Å². The van der Waals surface area contributed by atoms with Crippen LogP contribution >= 0.6 is 11.6 Å². The average Bonchev–Trinajstić information content (AvgIpc) is 2.94. The third-order valence-electron chi connectivity index (χ3n) is 2.81. The molecule has 1 atom stereocenters. The molecule has 0 spiro atoms. The highest BCUT2D eigenvalue weighted by atomic mass is 35.5. The first-order valence-corrected chi connectivity index (χ1v) is 6.07. The van der Waals surface area contributed by atoms with Gasteiger partial charge in [-0.2, -0.15) is 10.2 Å². The molecule has 1 aromatic rings. The SMILES string of the molecule is Cn1cc(CN=C2C=C(Cl)NC3CC=NN23)cn1. The van der Waals surface area contributed by atoms with Crippen molar-refractivity contribution in [2.24, 2.45) is 17.1 Å². The number of nitrogens with one attached hydrogen (secondary N) is 1. The Kier molecular flexibility index (Phi) is 2.79. The summed E-state index contributed by atoms with van der Waals surface area (Å²) >= 11 is 6.03. The molecule has 6 nitrogen and oxygen atoms in total. The fraction of sp³-hybridized carbons (Fsp3) is 0.364. The van der Waals surface area contributed by atoms with Gasteiger partial charge in [0.15, 0.2) is 0 Å². The van der Waals surface area contributed by atoms with E-state index in [1.165, 1.54) is 0 Å². The number of aromatic nitrogens is 2. The zero-order valence-corrected chi connectivity index (χ0v) is 10.7. The predicted octanol–water partition coefficient (Wildman–Crippen LogP) is 1.02. The van der Waals surface area contributed by atoms with E-state index >= 15 is 0 Å². The number of nitrogens with zero attached hydrogens (tertiary/aromatic N) is 5. The summed E-state index contributed by atoms with van der Waals surface area (Å²) in [4.78, 5) is 4.53. The Morgan fingerprint density at radius 3 is 3.28 bits per heavy atom. The van der Waals surface area contributed by atoms with Crippen molar-refractivity contribution >= 4 is 23.7 Å². The van der Waals surface area contributed by atoms with E-state index in [2.05, 4.69) is 20.5 Å². The maximum atomic E-state index is 6.03. The molecule has 3 rings (SSSR count). The van der Waals surface area contributed by atoms with Gasteiger partial charge in [-0.25, -0.2) is 5.01 Å². The van der Waals surface area contributed by atoms with Crippen LogP contribution in [0.2, 0.25) is 0 Å². The van der Waals surface area contributed by atoms with Crippen LogP contribution in [0.4, 0.5) is 0 Å². The standard InChI is InChI=1S/C11H13ClN6/c1-17-7-8(6-15-17)5-13-11-4-9(12)16-10-2-3-14-18(10)11/h3-4,6-7,10,16H,2,5H2,1H3. The highest BCUT2D eigenvalue weighted by Gasteiger charge is 2.28. The van der Waals surface area contributed by atoms with Crippen LogP contribution in [0, 0.1) is 0 Å². The molecular formula is C11H13ClN6. The van der Waals surface area contributed by atoms with Crippen molar-refractivity contribution in [3.05, 3.63) is 29.2 Å². The average molecular weight is 265 g/mol. The molecule has 0 aromatic carbocycles. The van der Waals surface area contributed by atoms with Gasteiger partial charge in [0.2, 0.25) is 0 Å². The van der Waals surface area contributed by atoms with E-state index in [4.69, 9.17) is 11.6 Å². The smallest absolute Gasteiger partial charge is 0.149 e. The topological polar surface area (TPSA) is 57.8 Å². The first-order valence-electron chi connectivity index (χ1n) is 5.70. The molecule has 3 heterocycles. The van der Waals surface area contributed by atoms with Crippen molar-refractivity contribution in [3.8, 4) is 0 Å². The predicted molar refractivity (Wildman–Crippen MR) is 70.2 cm³/mol. The summed E-state index contributed by atoms with van der Waals surface area (Å²) < 4.78 is 1.76. The van der Waals surface area contributed by atoms with Crippen LogP contribution in [0.25, 0.3) is 0 Å². The third kappa shape index (κ3) is 2.11. The van der Waals surface area contributed by atoms with E-state index in [0.717, 1.165) is 17.8 Å². The second-order valence-corrected chi connectivity index (χ2v) is 4.63. The van der Waals surface area contributed by atoms with E-state index < -0.39 is 0 Å². The van der Waals surface area contributed by atoms with Crippen LogP contribution in [-0.4, -0.2) is 33.0 Å². The summed E-state index contributed by atoms with van der Waals surface area (Å²) in [7, 11) is 1.89. The Labute approximate surface area is 110 Å². The molecule has 0 saturated carbocycles. The number of rotatable bonds is 2. The Bertz CT molecular complexity index is 543. The fourth-order valence-electron chi connectivity index (χ4n) is 1.98. The Hall–Kier alpha value is -1.82. The van der Waals surface area contributed by atoms with Gasteiger partial charge in [0.05, 0.1) is 12.7 Å². The normalized spacial score (nSPS) is 24.1. The van der Waals surface area contributed by atoms with E-state index in [9.17, 15) is 0 Å². The van der Waals surface area contributed by atoms with E-state index in [-0.39, 0.29) is 6.17 Å². The molecule has 1 aromatic heterocycles. The minimum Gasteiger partial charge on any atom is -0.354 e. The van der Waals surface area contributed by atoms with E-state index in [1.807, 2.05) is 24.5 Å². The molecule has 0 radical (unpaired) electrons. The second-order valence-electron chi connectivity index (χ2n) is 4.23. The lowest BCUT2D eigenvalue weighted by molar-refractivity contribution is 0.321. The summed E-state index contributed by atoms with van der Waals surface area (Å²) in [6, 6.07) is 0. The largest absolute Gasteiger partial charge is 0.354 e. The number of hydrogen-bond acceptors (Lipinski definition) is 4. The maximum absolute atomic E-state index is 6.03. The zero-order chi connectivity index (χ0) is 12.5. The van der Waals surface area contributed by atoms with Crippen LogP contribution in [0.5, 0.6) is 0 Å². The van der Waals surface area contributed by atoms with Crippen molar-refractivity contribution < 1.29 is 0 Å². The lowest BCUT2D eigenvalue weighted by atomic mass is 10.3. The van der Waals surface area contributed by atoms with Crippen LogP contribution in [0.1, 0.15) is 12.0 Å². The van der Waals surface area contributed by atoms with Gasteiger partial charge >= 0.3 is 0 Å². The molecule has 2 aliphatic heterocycles. The van der Waals surface area contributed by atoms with Crippen LogP contribution in [0.15, 0.2) is 33.7 Å². The van der Waals surface area contributed by atoms with Crippen LogP contribution < -0.4 is 5.32 Å². The third-order valence-corrected chi connectivity index (χ3v) is 3.03. The highest BCUT2D eigenvalue weighted by Crippen LogP contribution is 2.19. The quantitative estimate of drug-likeness (QED) is 0.812. The van der Waals surface area contributed by atoms with Gasteiger partial charge in [0.25, 0.3) is 0 Å². The molecule has 2 aliphatic rings. The minimum absolute atomic E-state index is 0.0927. The number of halogens is 1. The summed E-state index contributed by atoms with van der Waals surface area (Å²) in [5.74, 6) is 0.779. The van der Waals surface area contributed by atoms with Crippen LogP contribution in [-0.2, 0) is 13.6 Å². The molecule has 7 heteroatoms. The van der Waals surface area contributed by atoms with Crippen molar-refractivity contribution in [3.63, 3.8) is 0 Å². The monoisotopic (exact) mass is 264 g/mol. The maximum Gasteiger partial charge on any atom is 0.149 e. The number of hydrazone groups is 1.